The summed E-state index contributed by atoms with van der Waals surface area (Å²) in [6.07, 6.45) is 0.887. The molecular formula is C16H30N4O5S. The number of urea groups is 1. The van der Waals surface area contributed by atoms with Crippen LogP contribution < -0.4 is 10.6 Å². The summed E-state index contributed by atoms with van der Waals surface area (Å²) in [6.45, 7) is 5.91. The van der Waals surface area contributed by atoms with Gasteiger partial charge in [0.25, 0.3) is 5.91 Å². The second kappa shape index (κ2) is 9.01. The zero-order valence-electron chi connectivity index (χ0n) is 15.7. The number of fused-ring (bicyclic) bond motifs is 1. The van der Waals surface area contributed by atoms with Gasteiger partial charge in [-0.1, -0.05) is 13.8 Å². The number of nitrogens with one attached hydrogen (secondary N) is 2. The van der Waals surface area contributed by atoms with Gasteiger partial charge in [-0.15, -0.1) is 0 Å². The Hall–Kier alpha value is -1.39. The van der Waals surface area contributed by atoms with Crippen LogP contribution in [0.1, 0.15) is 26.7 Å². The molecule has 2 atom stereocenters. The van der Waals surface area contributed by atoms with Crippen molar-refractivity contribution in [1.29, 1.82) is 0 Å². The fourth-order valence-electron chi connectivity index (χ4n) is 3.29. The summed E-state index contributed by atoms with van der Waals surface area (Å²) in [6, 6.07) is -0.929. The maximum atomic E-state index is 12.8. The Labute approximate surface area is 155 Å². The number of nitrogens with zero attached hydrogens (tertiary/aromatic N) is 2. The molecule has 0 aromatic rings. The van der Waals surface area contributed by atoms with Crippen LogP contribution in [0.2, 0.25) is 0 Å². The van der Waals surface area contributed by atoms with E-state index in [4.69, 9.17) is 4.74 Å². The fraction of sp³-hybridized carbons (Fsp3) is 0.875. The van der Waals surface area contributed by atoms with Crippen LogP contribution in [0, 0.1) is 5.92 Å². The van der Waals surface area contributed by atoms with Crippen molar-refractivity contribution in [3.63, 3.8) is 0 Å². The maximum Gasteiger partial charge on any atom is 0.315 e. The molecule has 10 heteroatoms. The van der Waals surface area contributed by atoms with Crippen LogP contribution >= 0.6 is 0 Å². The van der Waals surface area contributed by atoms with Crippen LogP contribution in [0.3, 0.4) is 0 Å². The number of hydrogen-bond acceptors (Lipinski definition) is 6. The summed E-state index contributed by atoms with van der Waals surface area (Å²) >= 11 is 0. The highest BCUT2D eigenvalue weighted by atomic mass is 32.2. The highest BCUT2D eigenvalue weighted by Gasteiger charge is 2.45. The molecule has 0 aromatic heterocycles. The van der Waals surface area contributed by atoms with Gasteiger partial charge in [0, 0.05) is 45.9 Å². The summed E-state index contributed by atoms with van der Waals surface area (Å²) in [5, 5.41) is 5.68. The van der Waals surface area contributed by atoms with Gasteiger partial charge in [-0.25, -0.2) is 17.5 Å². The minimum absolute atomic E-state index is 0.0888. The molecule has 150 valence electrons. The fourth-order valence-corrected chi connectivity index (χ4v) is 4.78. The summed E-state index contributed by atoms with van der Waals surface area (Å²) in [7, 11) is -2.06. The van der Waals surface area contributed by atoms with E-state index < -0.39 is 22.0 Å². The van der Waals surface area contributed by atoms with Gasteiger partial charge in [-0.2, -0.15) is 0 Å². The molecule has 2 N–H and O–H groups in total. The first-order valence-electron chi connectivity index (χ1n) is 9.06. The van der Waals surface area contributed by atoms with E-state index in [2.05, 4.69) is 10.6 Å². The lowest BCUT2D eigenvalue weighted by Crippen LogP contribution is -2.45. The van der Waals surface area contributed by atoms with Crippen molar-refractivity contribution in [3.05, 3.63) is 0 Å². The quantitative estimate of drug-likeness (QED) is 0.573. The Kier molecular flexibility index (Phi) is 7.24. The third-order valence-electron chi connectivity index (χ3n) is 4.62. The lowest BCUT2D eigenvalue weighted by atomic mass is 10.1. The van der Waals surface area contributed by atoms with E-state index in [1.54, 1.807) is 0 Å². The first kappa shape index (κ1) is 20.9. The largest absolute Gasteiger partial charge is 0.385 e. The molecule has 0 aliphatic carbocycles. The molecule has 3 amide bonds. The molecule has 2 aliphatic heterocycles. The van der Waals surface area contributed by atoms with Gasteiger partial charge in [0.2, 0.25) is 10.0 Å². The molecule has 26 heavy (non-hydrogen) atoms. The van der Waals surface area contributed by atoms with E-state index in [0.29, 0.717) is 45.0 Å². The van der Waals surface area contributed by atoms with Gasteiger partial charge in [0.15, 0.2) is 0 Å². The molecule has 2 rings (SSSR count). The standard InChI is InChI=1S/C16H30N4O5S/c1-12(2)10-17-16(22)18-13-9-14-15(21)20(5-4-7-25-3)26(23,24)8-6-19(14)11-13/h12-14H,4-11H2,1-3H3,(H2,17,18,22). The van der Waals surface area contributed by atoms with Crippen LogP contribution in [0.4, 0.5) is 4.79 Å². The van der Waals surface area contributed by atoms with Crippen LogP contribution in [-0.2, 0) is 19.6 Å². The monoisotopic (exact) mass is 390 g/mol. The normalized spacial score (nSPS) is 25.8. The smallest absolute Gasteiger partial charge is 0.315 e. The number of carbonyl (C=O) groups is 2. The van der Waals surface area contributed by atoms with Gasteiger partial charge in [-0.05, 0) is 18.8 Å². The van der Waals surface area contributed by atoms with Crippen molar-refractivity contribution in [3.8, 4) is 0 Å². The Morgan fingerprint density at radius 1 is 1.38 bits per heavy atom. The maximum absolute atomic E-state index is 12.8. The zero-order chi connectivity index (χ0) is 19.3. The molecule has 2 heterocycles. The van der Waals surface area contributed by atoms with Gasteiger partial charge >= 0.3 is 6.03 Å². The first-order valence-corrected chi connectivity index (χ1v) is 10.7. The number of carbonyl (C=O) groups excluding carboxylic acids is 2. The molecule has 0 aromatic carbocycles. The van der Waals surface area contributed by atoms with E-state index >= 15 is 0 Å². The highest BCUT2D eigenvalue weighted by molar-refractivity contribution is 7.89. The van der Waals surface area contributed by atoms with E-state index in [1.807, 2.05) is 18.7 Å². The van der Waals surface area contributed by atoms with E-state index in [1.165, 1.54) is 7.11 Å². The Morgan fingerprint density at radius 3 is 2.77 bits per heavy atom. The molecule has 0 saturated carbocycles. The van der Waals surface area contributed by atoms with E-state index in [9.17, 15) is 18.0 Å². The van der Waals surface area contributed by atoms with Gasteiger partial charge in [-0.3, -0.25) is 9.69 Å². The Bertz CT molecular complexity index is 610. The summed E-state index contributed by atoms with van der Waals surface area (Å²) in [5.74, 6) is -0.133. The predicted molar refractivity (Wildman–Crippen MR) is 97.1 cm³/mol. The molecular weight excluding hydrogens is 360 g/mol. The topological polar surface area (TPSA) is 108 Å². The van der Waals surface area contributed by atoms with Crippen molar-refractivity contribution in [2.75, 3.05) is 45.6 Å². The number of ether oxygens (including phenoxy) is 1. The van der Waals surface area contributed by atoms with Crippen LogP contribution in [0.5, 0.6) is 0 Å². The summed E-state index contributed by atoms with van der Waals surface area (Å²) < 4.78 is 30.8. The number of amides is 3. The number of methoxy groups -OCH3 is 1. The molecule has 0 radical (unpaired) electrons. The Morgan fingerprint density at radius 2 is 2.12 bits per heavy atom. The third kappa shape index (κ3) is 5.31. The van der Waals surface area contributed by atoms with Crippen molar-refractivity contribution in [1.82, 2.24) is 19.8 Å². The van der Waals surface area contributed by atoms with Crippen LogP contribution in [0.25, 0.3) is 0 Å². The average Bonchev–Trinajstić information content (AvgIpc) is 2.94. The SMILES string of the molecule is COCCCN1C(=O)C2CC(NC(=O)NCC(C)C)CN2CCS1(=O)=O. The minimum Gasteiger partial charge on any atom is -0.385 e. The minimum atomic E-state index is -3.60. The molecule has 2 saturated heterocycles. The first-order chi connectivity index (χ1) is 12.2. The average molecular weight is 391 g/mol. The van der Waals surface area contributed by atoms with Crippen molar-refractivity contribution in [2.45, 2.75) is 38.8 Å². The summed E-state index contributed by atoms with van der Waals surface area (Å²) in [4.78, 5) is 26.6. The number of rotatable bonds is 7. The molecule has 2 fully saturated rings. The van der Waals surface area contributed by atoms with Crippen molar-refractivity contribution in [2.24, 2.45) is 5.92 Å². The molecule has 2 aliphatic rings. The highest BCUT2D eigenvalue weighted by Crippen LogP contribution is 2.24. The zero-order valence-corrected chi connectivity index (χ0v) is 16.5. The second-order valence-electron chi connectivity index (χ2n) is 7.26. The molecule has 2 unspecified atom stereocenters. The van der Waals surface area contributed by atoms with Crippen LogP contribution in [0.15, 0.2) is 0 Å². The van der Waals surface area contributed by atoms with Gasteiger partial charge in [0.1, 0.15) is 0 Å². The predicted octanol–water partition coefficient (Wildman–Crippen LogP) is -0.407. The Balaban J connectivity index is 1.99. The third-order valence-corrected chi connectivity index (χ3v) is 6.35. The molecule has 0 spiro atoms. The second-order valence-corrected chi connectivity index (χ2v) is 9.28. The lowest BCUT2D eigenvalue weighted by molar-refractivity contribution is -0.130. The van der Waals surface area contributed by atoms with E-state index in [-0.39, 0.29) is 24.4 Å². The lowest BCUT2D eigenvalue weighted by Gasteiger charge is -2.23. The number of sulfonamides is 1. The van der Waals surface area contributed by atoms with Gasteiger partial charge in [0.05, 0.1) is 11.8 Å². The van der Waals surface area contributed by atoms with Gasteiger partial charge < -0.3 is 15.4 Å². The van der Waals surface area contributed by atoms with E-state index in [0.717, 1.165) is 4.31 Å². The summed E-state index contributed by atoms with van der Waals surface area (Å²) in [5.41, 5.74) is 0. The number of hydrogen-bond donors (Lipinski definition) is 2. The molecule has 0 bridgehead atoms. The van der Waals surface area contributed by atoms with Crippen LogP contribution in [-0.4, -0.2) is 87.3 Å². The van der Waals surface area contributed by atoms with Crippen molar-refractivity contribution < 1.29 is 22.7 Å². The van der Waals surface area contributed by atoms with Crippen molar-refractivity contribution >= 4 is 22.0 Å². The molecule has 9 nitrogen and oxygen atoms in total.